The molecule has 0 saturated carbocycles. The number of hydrogen-bond acceptors (Lipinski definition) is 0. The third-order valence-corrected chi connectivity index (χ3v) is 2.71. The summed E-state index contributed by atoms with van der Waals surface area (Å²) in [5.41, 5.74) is 1.61. The molecular formula is C14H10FN. The average Bonchev–Trinajstić information content (AvgIpc) is 2.74. The molecule has 0 aliphatic rings. The lowest BCUT2D eigenvalue weighted by Crippen LogP contribution is -1.94. The Morgan fingerprint density at radius 2 is 1.56 bits per heavy atom. The predicted octanol–water partition coefficient (Wildman–Crippen LogP) is 3.77. The molecule has 0 fully saturated rings. The molecule has 0 spiro atoms. The third kappa shape index (κ3) is 1.31. The molecule has 0 N–H and O–H groups in total. The summed E-state index contributed by atoms with van der Waals surface area (Å²) in [6.07, 6.45) is 1.89. The second kappa shape index (κ2) is 3.49. The molecule has 3 aromatic rings. The van der Waals surface area contributed by atoms with E-state index in [4.69, 9.17) is 0 Å². The van der Waals surface area contributed by atoms with Crippen molar-refractivity contribution in [1.29, 1.82) is 0 Å². The zero-order valence-corrected chi connectivity index (χ0v) is 8.60. The van der Waals surface area contributed by atoms with Crippen molar-refractivity contribution in [3.05, 3.63) is 66.6 Å². The summed E-state index contributed by atoms with van der Waals surface area (Å²) in [4.78, 5) is 0. The first kappa shape index (κ1) is 9.16. The van der Waals surface area contributed by atoms with Gasteiger partial charge in [-0.05, 0) is 29.7 Å². The molecule has 0 bridgehead atoms. The van der Waals surface area contributed by atoms with E-state index in [2.05, 4.69) is 0 Å². The van der Waals surface area contributed by atoms with Crippen LogP contribution in [0.3, 0.4) is 0 Å². The smallest absolute Gasteiger partial charge is 0.147 e. The van der Waals surface area contributed by atoms with Crippen LogP contribution in [0.4, 0.5) is 4.39 Å². The van der Waals surface area contributed by atoms with Crippen LogP contribution in [0.25, 0.3) is 16.6 Å². The molecule has 2 heteroatoms. The Hall–Kier alpha value is -2.09. The lowest BCUT2D eigenvalue weighted by Gasteiger charge is -2.06. The van der Waals surface area contributed by atoms with Crippen molar-refractivity contribution in [3.63, 3.8) is 0 Å². The van der Waals surface area contributed by atoms with Crippen LogP contribution < -0.4 is 0 Å². The largest absolute Gasteiger partial charge is 0.314 e. The van der Waals surface area contributed by atoms with Gasteiger partial charge in [-0.1, -0.05) is 30.3 Å². The zero-order valence-electron chi connectivity index (χ0n) is 8.60. The highest BCUT2D eigenvalue weighted by Gasteiger charge is 2.05. The lowest BCUT2D eigenvalue weighted by atomic mass is 10.2. The Morgan fingerprint density at radius 1 is 0.812 bits per heavy atom. The highest BCUT2D eigenvalue weighted by atomic mass is 19.1. The van der Waals surface area contributed by atoms with Crippen molar-refractivity contribution in [2.75, 3.05) is 0 Å². The molecule has 1 aromatic heterocycles. The minimum absolute atomic E-state index is 0.205. The van der Waals surface area contributed by atoms with Gasteiger partial charge in [-0.15, -0.1) is 0 Å². The van der Waals surface area contributed by atoms with Crippen LogP contribution in [0.5, 0.6) is 0 Å². The normalized spacial score (nSPS) is 10.8. The van der Waals surface area contributed by atoms with Crippen LogP contribution in [0.2, 0.25) is 0 Å². The number of nitrogens with zero attached hydrogens (tertiary/aromatic N) is 1. The van der Waals surface area contributed by atoms with Crippen LogP contribution in [-0.2, 0) is 0 Å². The summed E-state index contributed by atoms with van der Waals surface area (Å²) in [5, 5.41) is 1.12. The third-order valence-electron chi connectivity index (χ3n) is 2.71. The molecule has 0 radical (unpaired) electrons. The van der Waals surface area contributed by atoms with Crippen molar-refractivity contribution in [1.82, 2.24) is 4.57 Å². The first-order valence-electron chi connectivity index (χ1n) is 5.17. The Morgan fingerprint density at radius 3 is 2.44 bits per heavy atom. The van der Waals surface area contributed by atoms with E-state index in [-0.39, 0.29) is 5.82 Å². The second-order valence-corrected chi connectivity index (χ2v) is 3.70. The minimum Gasteiger partial charge on any atom is -0.314 e. The number of halogens is 1. The summed E-state index contributed by atoms with van der Waals surface area (Å²) in [6.45, 7) is 0. The number of fused-ring (bicyclic) bond motifs is 1. The molecule has 2 aromatic carbocycles. The SMILES string of the molecule is Fc1ccccc1-n1ccc2ccccc21. The molecule has 1 heterocycles. The second-order valence-electron chi connectivity index (χ2n) is 3.70. The van der Waals surface area contributed by atoms with Gasteiger partial charge in [-0.25, -0.2) is 4.39 Å². The van der Waals surface area contributed by atoms with E-state index in [1.54, 1.807) is 12.1 Å². The van der Waals surface area contributed by atoms with Gasteiger partial charge in [-0.2, -0.15) is 0 Å². The number of para-hydroxylation sites is 2. The van der Waals surface area contributed by atoms with Crippen molar-refractivity contribution < 1.29 is 4.39 Å². The molecule has 0 saturated heterocycles. The standard InChI is InChI=1S/C14H10FN/c15-12-6-2-4-8-14(12)16-10-9-11-5-1-3-7-13(11)16/h1-10H. The monoisotopic (exact) mass is 211 g/mol. The Kier molecular flexibility index (Phi) is 2.00. The van der Waals surface area contributed by atoms with E-state index in [0.29, 0.717) is 5.69 Å². The summed E-state index contributed by atoms with van der Waals surface area (Å²) in [7, 11) is 0. The van der Waals surface area contributed by atoms with Gasteiger partial charge in [0.2, 0.25) is 0 Å². The summed E-state index contributed by atoms with van der Waals surface area (Å²) < 4.78 is 15.5. The fraction of sp³-hybridized carbons (Fsp3) is 0. The van der Waals surface area contributed by atoms with Crippen molar-refractivity contribution in [3.8, 4) is 5.69 Å². The molecular weight excluding hydrogens is 201 g/mol. The van der Waals surface area contributed by atoms with Crippen LogP contribution >= 0.6 is 0 Å². The number of rotatable bonds is 1. The van der Waals surface area contributed by atoms with Crippen LogP contribution in [0.1, 0.15) is 0 Å². The lowest BCUT2D eigenvalue weighted by molar-refractivity contribution is 0.620. The van der Waals surface area contributed by atoms with E-state index >= 15 is 0 Å². The molecule has 16 heavy (non-hydrogen) atoms. The predicted molar refractivity (Wildman–Crippen MR) is 63.2 cm³/mol. The topological polar surface area (TPSA) is 4.93 Å². The number of aromatic nitrogens is 1. The molecule has 78 valence electrons. The maximum absolute atomic E-state index is 13.7. The average molecular weight is 211 g/mol. The fourth-order valence-electron chi connectivity index (χ4n) is 1.94. The Balaban J connectivity index is 2.31. The highest BCUT2D eigenvalue weighted by molar-refractivity contribution is 5.81. The van der Waals surface area contributed by atoms with Crippen LogP contribution in [0, 0.1) is 5.82 Å². The van der Waals surface area contributed by atoms with E-state index in [0.717, 1.165) is 10.9 Å². The van der Waals surface area contributed by atoms with Gasteiger partial charge in [-0.3, -0.25) is 0 Å². The number of hydrogen-bond donors (Lipinski definition) is 0. The van der Waals surface area contributed by atoms with Gasteiger partial charge in [0.1, 0.15) is 5.82 Å². The first-order valence-corrected chi connectivity index (χ1v) is 5.17. The van der Waals surface area contributed by atoms with Crippen molar-refractivity contribution in [2.24, 2.45) is 0 Å². The Bertz CT molecular complexity index is 640. The molecule has 0 amide bonds. The number of benzene rings is 2. The van der Waals surface area contributed by atoms with Gasteiger partial charge in [0.25, 0.3) is 0 Å². The van der Waals surface area contributed by atoms with Crippen LogP contribution in [0.15, 0.2) is 60.8 Å². The van der Waals surface area contributed by atoms with E-state index in [1.165, 1.54) is 6.07 Å². The molecule has 0 aliphatic carbocycles. The van der Waals surface area contributed by atoms with Gasteiger partial charge in [0.05, 0.1) is 11.2 Å². The van der Waals surface area contributed by atoms with Crippen molar-refractivity contribution >= 4 is 10.9 Å². The molecule has 0 unspecified atom stereocenters. The van der Waals surface area contributed by atoms with E-state index in [9.17, 15) is 4.39 Å². The van der Waals surface area contributed by atoms with Gasteiger partial charge >= 0.3 is 0 Å². The van der Waals surface area contributed by atoms with Gasteiger partial charge in [0.15, 0.2) is 0 Å². The highest BCUT2D eigenvalue weighted by Crippen LogP contribution is 2.21. The van der Waals surface area contributed by atoms with Gasteiger partial charge < -0.3 is 4.57 Å². The zero-order chi connectivity index (χ0) is 11.0. The van der Waals surface area contributed by atoms with E-state index in [1.807, 2.05) is 47.2 Å². The minimum atomic E-state index is -0.205. The fourth-order valence-corrected chi connectivity index (χ4v) is 1.94. The maximum atomic E-state index is 13.7. The quantitative estimate of drug-likeness (QED) is 0.577. The van der Waals surface area contributed by atoms with Gasteiger partial charge in [0, 0.05) is 6.20 Å². The molecule has 0 aliphatic heterocycles. The maximum Gasteiger partial charge on any atom is 0.147 e. The Labute approximate surface area is 92.8 Å². The van der Waals surface area contributed by atoms with Crippen molar-refractivity contribution in [2.45, 2.75) is 0 Å². The summed E-state index contributed by atoms with van der Waals surface area (Å²) in [5.74, 6) is -0.205. The van der Waals surface area contributed by atoms with Crippen LogP contribution in [-0.4, -0.2) is 4.57 Å². The summed E-state index contributed by atoms with van der Waals surface area (Å²) >= 11 is 0. The van der Waals surface area contributed by atoms with E-state index < -0.39 is 0 Å². The summed E-state index contributed by atoms with van der Waals surface area (Å²) in [6, 6.07) is 16.7. The molecule has 0 atom stereocenters. The first-order chi connectivity index (χ1) is 7.86. The molecule has 1 nitrogen and oxygen atoms in total. The molecule has 3 rings (SSSR count).